The van der Waals surface area contributed by atoms with Gasteiger partial charge in [-0.1, -0.05) is 17.7 Å². The van der Waals surface area contributed by atoms with Gasteiger partial charge in [-0.2, -0.15) is 0 Å². The smallest absolute Gasteiger partial charge is 0.255 e. The quantitative estimate of drug-likeness (QED) is 0.820. The molecule has 0 radical (unpaired) electrons. The number of halogens is 2. The number of likely N-dealkylation sites (tertiary alicyclic amines) is 1. The monoisotopic (exact) mass is 406 g/mol. The van der Waals surface area contributed by atoms with E-state index >= 15 is 0 Å². The third-order valence-electron chi connectivity index (χ3n) is 5.25. The lowest BCUT2D eigenvalue weighted by Crippen LogP contribution is -2.47. The van der Waals surface area contributed by atoms with Crippen molar-refractivity contribution in [1.29, 1.82) is 0 Å². The Labute approximate surface area is 166 Å². The molecular weight excluding hydrogens is 387 g/mol. The standard InChI is InChI=1S/C20H20ClFN2O4/c1-27-16-4-2-12(17(21)18(16)25)9-24-7-6-20(11-24)10-23-19(26)14-8-13(22)3-5-15(14)28-20/h2-5,8,25H,6-7,9-11H2,1H3,(H,23,26). The van der Waals surface area contributed by atoms with E-state index in [1.807, 2.05) is 6.07 Å². The molecule has 8 heteroatoms. The predicted molar refractivity (Wildman–Crippen MR) is 102 cm³/mol. The molecule has 2 aliphatic heterocycles. The number of nitrogens with zero attached hydrogens (tertiary/aromatic N) is 1. The average molecular weight is 407 g/mol. The number of hydrogen-bond donors (Lipinski definition) is 2. The van der Waals surface area contributed by atoms with E-state index in [9.17, 15) is 14.3 Å². The molecule has 0 aliphatic carbocycles. The molecule has 2 heterocycles. The summed E-state index contributed by atoms with van der Waals surface area (Å²) in [4.78, 5) is 14.4. The van der Waals surface area contributed by atoms with Gasteiger partial charge in [0.1, 0.15) is 17.2 Å². The van der Waals surface area contributed by atoms with Gasteiger partial charge in [0.15, 0.2) is 11.5 Å². The van der Waals surface area contributed by atoms with Crippen molar-refractivity contribution in [3.63, 3.8) is 0 Å². The molecule has 2 aromatic carbocycles. The lowest BCUT2D eigenvalue weighted by atomic mass is 10.0. The molecule has 1 fully saturated rings. The largest absolute Gasteiger partial charge is 0.503 e. The fourth-order valence-corrected chi connectivity index (χ4v) is 4.00. The Morgan fingerprint density at radius 3 is 3.00 bits per heavy atom. The summed E-state index contributed by atoms with van der Waals surface area (Å²) in [5.41, 5.74) is 0.385. The zero-order chi connectivity index (χ0) is 19.9. The van der Waals surface area contributed by atoms with Crippen LogP contribution in [0.15, 0.2) is 30.3 Å². The molecule has 1 unspecified atom stereocenters. The summed E-state index contributed by atoms with van der Waals surface area (Å²) < 4.78 is 24.8. The van der Waals surface area contributed by atoms with Crippen LogP contribution in [0.4, 0.5) is 4.39 Å². The highest BCUT2D eigenvalue weighted by Gasteiger charge is 2.43. The zero-order valence-electron chi connectivity index (χ0n) is 15.3. The molecule has 28 heavy (non-hydrogen) atoms. The first-order chi connectivity index (χ1) is 13.4. The molecule has 148 valence electrons. The van der Waals surface area contributed by atoms with E-state index in [1.165, 1.54) is 25.3 Å². The van der Waals surface area contributed by atoms with Crippen molar-refractivity contribution < 1.29 is 23.8 Å². The molecular formula is C20H20ClFN2O4. The SMILES string of the molecule is COc1ccc(CN2CCC3(CNC(=O)c4cc(F)ccc4O3)C2)c(Cl)c1O. The van der Waals surface area contributed by atoms with Crippen LogP contribution >= 0.6 is 11.6 Å². The second-order valence-corrected chi connectivity index (χ2v) is 7.54. The van der Waals surface area contributed by atoms with Crippen molar-refractivity contribution >= 4 is 17.5 Å². The van der Waals surface area contributed by atoms with Crippen LogP contribution in [0.3, 0.4) is 0 Å². The highest BCUT2D eigenvalue weighted by Crippen LogP contribution is 2.38. The van der Waals surface area contributed by atoms with E-state index < -0.39 is 11.4 Å². The first-order valence-corrected chi connectivity index (χ1v) is 9.32. The second kappa shape index (κ2) is 7.14. The van der Waals surface area contributed by atoms with E-state index in [0.717, 1.165) is 12.1 Å². The number of rotatable bonds is 3. The van der Waals surface area contributed by atoms with E-state index in [4.69, 9.17) is 21.1 Å². The van der Waals surface area contributed by atoms with Crippen molar-refractivity contribution in [2.75, 3.05) is 26.7 Å². The third-order valence-corrected chi connectivity index (χ3v) is 5.67. The summed E-state index contributed by atoms with van der Waals surface area (Å²) in [6.07, 6.45) is 0.698. The van der Waals surface area contributed by atoms with Gasteiger partial charge in [0.05, 0.1) is 24.2 Å². The molecule has 1 atom stereocenters. The molecule has 4 rings (SSSR count). The lowest BCUT2D eigenvalue weighted by Gasteiger charge is -2.29. The Bertz CT molecular complexity index is 939. The van der Waals surface area contributed by atoms with Crippen molar-refractivity contribution in [3.8, 4) is 17.2 Å². The Morgan fingerprint density at radius 2 is 2.21 bits per heavy atom. The number of benzene rings is 2. The number of phenolic OH excluding ortho intramolecular Hbond substituents is 1. The van der Waals surface area contributed by atoms with Crippen LogP contribution < -0.4 is 14.8 Å². The van der Waals surface area contributed by atoms with Crippen molar-refractivity contribution in [3.05, 3.63) is 52.3 Å². The zero-order valence-corrected chi connectivity index (χ0v) is 16.1. The number of hydrogen-bond acceptors (Lipinski definition) is 5. The molecule has 2 N–H and O–H groups in total. The molecule has 1 amide bonds. The summed E-state index contributed by atoms with van der Waals surface area (Å²) in [6.45, 7) is 2.15. The van der Waals surface area contributed by atoms with E-state index in [0.29, 0.717) is 37.6 Å². The number of phenols is 1. The number of fused-ring (bicyclic) bond motifs is 1. The van der Waals surface area contributed by atoms with Gasteiger partial charge >= 0.3 is 0 Å². The number of nitrogens with one attached hydrogen (secondary N) is 1. The van der Waals surface area contributed by atoms with Gasteiger partial charge in [-0.3, -0.25) is 9.69 Å². The first-order valence-electron chi connectivity index (χ1n) is 8.94. The summed E-state index contributed by atoms with van der Waals surface area (Å²) >= 11 is 6.28. The number of ether oxygens (including phenoxy) is 2. The Morgan fingerprint density at radius 1 is 1.39 bits per heavy atom. The van der Waals surface area contributed by atoms with Crippen LogP contribution in [0.5, 0.6) is 17.2 Å². The van der Waals surface area contributed by atoms with Gasteiger partial charge in [-0.15, -0.1) is 0 Å². The minimum atomic E-state index is -0.597. The number of aromatic hydroxyl groups is 1. The fraction of sp³-hybridized carbons (Fsp3) is 0.350. The van der Waals surface area contributed by atoms with Crippen LogP contribution in [0.2, 0.25) is 5.02 Å². The summed E-state index contributed by atoms with van der Waals surface area (Å²) in [5, 5.41) is 13.2. The molecule has 0 aromatic heterocycles. The Balaban J connectivity index is 1.53. The normalized spacial score (nSPS) is 21.8. The highest BCUT2D eigenvalue weighted by atomic mass is 35.5. The molecule has 2 aliphatic rings. The average Bonchev–Trinajstić information content (AvgIpc) is 3.02. The lowest BCUT2D eigenvalue weighted by molar-refractivity contribution is 0.0759. The summed E-state index contributed by atoms with van der Waals surface area (Å²) in [6, 6.07) is 7.47. The maximum atomic E-state index is 13.5. The van der Waals surface area contributed by atoms with E-state index in [-0.39, 0.29) is 22.2 Å². The topological polar surface area (TPSA) is 71.0 Å². The van der Waals surface area contributed by atoms with Crippen LogP contribution in [-0.2, 0) is 6.54 Å². The predicted octanol–water partition coefficient (Wildman–Crippen LogP) is 2.96. The third kappa shape index (κ3) is 3.36. The summed E-state index contributed by atoms with van der Waals surface area (Å²) in [7, 11) is 1.47. The second-order valence-electron chi connectivity index (χ2n) is 7.16. The maximum absolute atomic E-state index is 13.5. The van der Waals surface area contributed by atoms with E-state index in [1.54, 1.807) is 6.07 Å². The molecule has 6 nitrogen and oxygen atoms in total. The van der Waals surface area contributed by atoms with E-state index in [2.05, 4.69) is 10.2 Å². The highest BCUT2D eigenvalue weighted by molar-refractivity contribution is 6.33. The van der Waals surface area contributed by atoms with Gasteiger partial charge < -0.3 is 19.9 Å². The van der Waals surface area contributed by atoms with Crippen LogP contribution in [0.25, 0.3) is 0 Å². The molecule has 0 bridgehead atoms. The van der Waals surface area contributed by atoms with Crippen LogP contribution in [-0.4, -0.2) is 48.3 Å². The number of methoxy groups -OCH3 is 1. The van der Waals surface area contributed by atoms with Gasteiger partial charge in [-0.05, 0) is 29.8 Å². The van der Waals surface area contributed by atoms with Crippen LogP contribution in [0.1, 0.15) is 22.3 Å². The van der Waals surface area contributed by atoms with Crippen molar-refractivity contribution in [1.82, 2.24) is 10.2 Å². The molecule has 1 saturated heterocycles. The van der Waals surface area contributed by atoms with Gasteiger partial charge in [-0.25, -0.2) is 4.39 Å². The fourth-order valence-electron chi connectivity index (χ4n) is 3.78. The minimum absolute atomic E-state index is 0.0792. The van der Waals surface area contributed by atoms with Gasteiger partial charge in [0.2, 0.25) is 0 Å². The number of carbonyl (C=O) groups is 1. The Kier molecular flexibility index (Phi) is 4.81. The molecule has 1 spiro atoms. The Hall–Kier alpha value is -2.51. The summed E-state index contributed by atoms with van der Waals surface area (Å²) in [5.74, 6) is -0.184. The maximum Gasteiger partial charge on any atom is 0.255 e. The van der Waals surface area contributed by atoms with Gasteiger partial charge in [0, 0.05) is 26.1 Å². The molecule has 0 saturated carbocycles. The van der Waals surface area contributed by atoms with Gasteiger partial charge in [0.25, 0.3) is 5.91 Å². The first kappa shape index (κ1) is 18.8. The van der Waals surface area contributed by atoms with Crippen molar-refractivity contribution in [2.45, 2.75) is 18.6 Å². The number of amides is 1. The van der Waals surface area contributed by atoms with Crippen molar-refractivity contribution in [2.24, 2.45) is 0 Å². The molecule has 2 aromatic rings. The number of carbonyl (C=O) groups excluding carboxylic acids is 1. The minimum Gasteiger partial charge on any atom is -0.503 e. The van der Waals surface area contributed by atoms with Crippen LogP contribution in [0, 0.1) is 5.82 Å².